The summed E-state index contributed by atoms with van der Waals surface area (Å²) in [4.78, 5) is 28.8. The molecule has 2 bridgehead atoms. The molecule has 6 heteroatoms. The molecule has 1 amide bonds. The van der Waals surface area contributed by atoms with Crippen molar-refractivity contribution in [3.05, 3.63) is 88.5 Å². The lowest BCUT2D eigenvalue weighted by atomic mass is 9.80. The minimum Gasteiger partial charge on any atom is -0.496 e. The molecule has 2 saturated heterocycles. The lowest BCUT2D eigenvalue weighted by Gasteiger charge is -2.47. The molecule has 1 aliphatic carbocycles. The highest BCUT2D eigenvalue weighted by molar-refractivity contribution is 5.98. The fraction of sp³-hybridized carbons (Fsp3) is 0.375. The van der Waals surface area contributed by atoms with E-state index in [-0.39, 0.29) is 42.4 Å². The Balaban J connectivity index is 1.16. The zero-order valence-corrected chi connectivity index (χ0v) is 22.1. The molecule has 2 fully saturated rings. The van der Waals surface area contributed by atoms with E-state index in [2.05, 4.69) is 24.3 Å². The number of carbonyl (C=O) groups is 2. The minimum absolute atomic E-state index is 0.0168. The summed E-state index contributed by atoms with van der Waals surface area (Å²) in [6.45, 7) is 5.06. The average Bonchev–Trinajstić information content (AvgIpc) is 3.24. The molecule has 3 aromatic carbocycles. The molecule has 0 radical (unpaired) electrons. The van der Waals surface area contributed by atoms with Crippen LogP contribution in [0.2, 0.25) is 0 Å². The minimum atomic E-state index is -0.313. The van der Waals surface area contributed by atoms with E-state index >= 15 is 0 Å². The number of morpholine rings is 1. The Morgan fingerprint density at radius 2 is 1.45 bits per heavy atom. The summed E-state index contributed by atoms with van der Waals surface area (Å²) in [5, 5.41) is 0. The number of hydrogen-bond donors (Lipinski definition) is 0. The molecule has 0 aromatic heterocycles. The van der Waals surface area contributed by atoms with Gasteiger partial charge in [0, 0.05) is 17.4 Å². The van der Waals surface area contributed by atoms with Crippen molar-refractivity contribution in [2.75, 3.05) is 26.9 Å². The number of hydrogen-bond acceptors (Lipinski definition) is 5. The van der Waals surface area contributed by atoms with Crippen molar-refractivity contribution in [3.8, 4) is 16.9 Å². The third kappa shape index (κ3) is 4.17. The summed E-state index contributed by atoms with van der Waals surface area (Å²) >= 11 is 0. The number of rotatable bonds is 5. The van der Waals surface area contributed by atoms with Crippen LogP contribution in [0.15, 0.2) is 60.7 Å². The van der Waals surface area contributed by atoms with Crippen molar-refractivity contribution >= 4 is 11.9 Å². The van der Waals surface area contributed by atoms with E-state index in [1.807, 2.05) is 55.1 Å². The van der Waals surface area contributed by atoms with Crippen LogP contribution in [0, 0.1) is 19.8 Å². The first-order valence-corrected chi connectivity index (χ1v) is 13.4. The predicted octanol–water partition coefficient (Wildman–Crippen LogP) is 5.92. The molecule has 6 nitrogen and oxygen atoms in total. The first-order valence-electron chi connectivity index (χ1n) is 13.4. The number of amides is 1. The van der Waals surface area contributed by atoms with Crippen LogP contribution in [0.1, 0.15) is 51.4 Å². The average molecular weight is 512 g/mol. The van der Waals surface area contributed by atoms with Gasteiger partial charge < -0.3 is 14.2 Å². The lowest BCUT2D eigenvalue weighted by molar-refractivity contribution is -0.0747. The van der Waals surface area contributed by atoms with Crippen molar-refractivity contribution in [3.63, 3.8) is 0 Å². The fourth-order valence-electron chi connectivity index (χ4n) is 6.75. The third-order valence-corrected chi connectivity index (χ3v) is 8.39. The molecule has 196 valence electrons. The van der Waals surface area contributed by atoms with Gasteiger partial charge in [-0.25, -0.2) is 4.79 Å². The molecule has 2 unspecified atom stereocenters. The van der Waals surface area contributed by atoms with E-state index in [4.69, 9.17) is 14.2 Å². The summed E-state index contributed by atoms with van der Waals surface area (Å²) in [5.41, 5.74) is 7.42. The highest BCUT2D eigenvalue weighted by Crippen LogP contribution is 2.45. The van der Waals surface area contributed by atoms with Gasteiger partial charge in [0.25, 0.3) is 0 Å². The van der Waals surface area contributed by atoms with E-state index in [0.29, 0.717) is 31.6 Å². The Morgan fingerprint density at radius 1 is 0.895 bits per heavy atom. The normalized spacial score (nSPS) is 22.0. The third-order valence-electron chi connectivity index (χ3n) is 8.39. The number of fused-ring (bicyclic) bond motifs is 5. The number of benzene rings is 3. The van der Waals surface area contributed by atoms with Crippen LogP contribution in [0.5, 0.6) is 5.75 Å². The van der Waals surface area contributed by atoms with Crippen LogP contribution in [-0.2, 0) is 9.47 Å². The summed E-state index contributed by atoms with van der Waals surface area (Å²) in [7, 11) is 1.65. The van der Waals surface area contributed by atoms with Gasteiger partial charge in [0.2, 0.25) is 0 Å². The summed E-state index contributed by atoms with van der Waals surface area (Å²) in [5.74, 6) is 0.807. The zero-order valence-electron chi connectivity index (χ0n) is 22.1. The van der Waals surface area contributed by atoms with Gasteiger partial charge >= 0.3 is 6.09 Å². The number of ether oxygens (including phenoxy) is 3. The highest BCUT2D eigenvalue weighted by Gasteiger charge is 2.45. The van der Waals surface area contributed by atoms with Crippen LogP contribution >= 0.6 is 0 Å². The van der Waals surface area contributed by atoms with Crippen molar-refractivity contribution in [1.82, 2.24) is 4.90 Å². The molecule has 2 aliphatic heterocycles. The van der Waals surface area contributed by atoms with Gasteiger partial charge in [0.1, 0.15) is 12.4 Å². The molecule has 0 spiro atoms. The Bertz CT molecular complexity index is 1320. The van der Waals surface area contributed by atoms with E-state index in [1.165, 1.54) is 22.3 Å². The van der Waals surface area contributed by atoms with Crippen LogP contribution in [0.25, 0.3) is 11.1 Å². The van der Waals surface area contributed by atoms with Crippen molar-refractivity contribution in [1.29, 1.82) is 0 Å². The summed E-state index contributed by atoms with van der Waals surface area (Å²) in [6.07, 6.45) is 0.833. The first-order chi connectivity index (χ1) is 18.5. The largest absolute Gasteiger partial charge is 0.496 e. The van der Waals surface area contributed by atoms with Crippen molar-refractivity contribution in [2.45, 2.75) is 44.7 Å². The Hall–Kier alpha value is -3.64. The van der Waals surface area contributed by atoms with E-state index < -0.39 is 0 Å². The van der Waals surface area contributed by atoms with E-state index in [0.717, 1.165) is 16.9 Å². The molecule has 3 aromatic rings. The molecular formula is C32H33NO5. The standard InChI is InChI=1S/C32H33NO5/c1-19-12-21(13-20(2)31(19)36-3)30(34)22-14-23-16-37-17-24(15-22)33(23)32(35)38-18-29-27-10-6-4-8-25(27)26-9-5-7-11-28(26)29/h4-13,22-24,29H,14-18H2,1-3H3. The fourth-order valence-corrected chi connectivity index (χ4v) is 6.75. The molecule has 38 heavy (non-hydrogen) atoms. The Morgan fingerprint density at radius 3 is 2.00 bits per heavy atom. The van der Waals surface area contributed by atoms with Crippen LogP contribution in [0.4, 0.5) is 4.79 Å². The maximum absolute atomic E-state index is 13.5. The second-order valence-electron chi connectivity index (χ2n) is 10.7. The quantitative estimate of drug-likeness (QED) is 0.398. The number of piperidine rings is 1. The first kappa shape index (κ1) is 24.7. The molecule has 2 heterocycles. The second-order valence-corrected chi connectivity index (χ2v) is 10.7. The van der Waals surface area contributed by atoms with Gasteiger partial charge in [0.05, 0.1) is 32.4 Å². The monoisotopic (exact) mass is 511 g/mol. The Kier molecular flexibility index (Phi) is 6.44. The van der Waals surface area contributed by atoms with E-state index in [9.17, 15) is 9.59 Å². The maximum atomic E-state index is 13.5. The Labute approximate surface area is 223 Å². The van der Waals surface area contributed by atoms with Crippen molar-refractivity contribution < 1.29 is 23.8 Å². The van der Waals surface area contributed by atoms with Crippen LogP contribution in [-0.4, -0.2) is 55.8 Å². The van der Waals surface area contributed by atoms with Crippen LogP contribution < -0.4 is 4.74 Å². The summed E-state index contributed by atoms with van der Waals surface area (Å²) in [6, 6.07) is 20.2. The summed E-state index contributed by atoms with van der Waals surface area (Å²) < 4.78 is 17.3. The van der Waals surface area contributed by atoms with Gasteiger partial charge in [-0.2, -0.15) is 0 Å². The topological polar surface area (TPSA) is 65.1 Å². The van der Waals surface area contributed by atoms with Gasteiger partial charge in [-0.15, -0.1) is 0 Å². The van der Waals surface area contributed by atoms with Gasteiger partial charge in [-0.1, -0.05) is 48.5 Å². The SMILES string of the molecule is COc1c(C)cc(C(=O)C2CC3COCC(C2)N3C(=O)OCC2c3ccccc3-c3ccccc32)cc1C. The van der Waals surface area contributed by atoms with Gasteiger partial charge in [-0.05, 0) is 72.2 Å². The number of nitrogens with zero attached hydrogens (tertiary/aromatic N) is 1. The highest BCUT2D eigenvalue weighted by atomic mass is 16.6. The van der Waals surface area contributed by atoms with Crippen molar-refractivity contribution in [2.24, 2.45) is 5.92 Å². The molecule has 2 atom stereocenters. The number of methoxy groups -OCH3 is 1. The van der Waals surface area contributed by atoms with Gasteiger partial charge in [-0.3, -0.25) is 9.69 Å². The maximum Gasteiger partial charge on any atom is 0.410 e. The smallest absolute Gasteiger partial charge is 0.410 e. The predicted molar refractivity (Wildman–Crippen MR) is 145 cm³/mol. The number of ketones is 1. The zero-order chi connectivity index (χ0) is 26.4. The molecule has 0 saturated carbocycles. The molecule has 0 N–H and O–H groups in total. The number of carbonyl (C=O) groups excluding carboxylic acids is 2. The second kappa shape index (κ2) is 9.91. The lowest BCUT2D eigenvalue weighted by Crippen LogP contribution is -2.60. The number of aryl methyl sites for hydroxylation is 2. The molecule has 3 aliphatic rings. The molecular weight excluding hydrogens is 478 g/mol. The van der Waals surface area contributed by atoms with Gasteiger partial charge in [0.15, 0.2) is 5.78 Å². The number of Topliss-reactive ketones (excluding diaryl/α,β-unsaturated/α-hetero) is 1. The van der Waals surface area contributed by atoms with E-state index in [1.54, 1.807) is 7.11 Å². The molecule has 6 rings (SSSR count). The van der Waals surface area contributed by atoms with Crippen LogP contribution in [0.3, 0.4) is 0 Å².